The lowest BCUT2D eigenvalue weighted by molar-refractivity contribution is 0.0945. The number of aliphatic hydroxyl groups is 1. The lowest BCUT2D eigenvalue weighted by Crippen LogP contribution is -2.26. The lowest BCUT2D eigenvalue weighted by Gasteiger charge is -2.06. The molecule has 4 rings (SSSR count). The van der Waals surface area contributed by atoms with Gasteiger partial charge in [-0.25, -0.2) is 9.50 Å². The Hall–Kier alpha value is -3.23. The van der Waals surface area contributed by atoms with E-state index in [2.05, 4.69) is 39.8 Å². The van der Waals surface area contributed by atoms with Crippen molar-refractivity contribution in [2.45, 2.75) is 13.5 Å². The van der Waals surface area contributed by atoms with E-state index in [-0.39, 0.29) is 19.1 Å². The van der Waals surface area contributed by atoms with Crippen molar-refractivity contribution in [2.75, 3.05) is 18.5 Å². The first-order chi connectivity index (χ1) is 14.2. The maximum atomic E-state index is 12.0. The summed E-state index contributed by atoms with van der Waals surface area (Å²) < 4.78 is 1.81. The van der Waals surface area contributed by atoms with Gasteiger partial charge < -0.3 is 15.7 Å². The molecule has 4 aromatic rings. The van der Waals surface area contributed by atoms with E-state index in [0.717, 1.165) is 21.3 Å². The molecule has 0 aliphatic carbocycles. The number of aromatic nitrogens is 3. The number of hydrogen-bond acceptors (Lipinski definition) is 6. The maximum absolute atomic E-state index is 12.0. The zero-order chi connectivity index (χ0) is 20.2. The summed E-state index contributed by atoms with van der Waals surface area (Å²) in [6, 6.07) is 15.5. The molecule has 0 fully saturated rings. The summed E-state index contributed by atoms with van der Waals surface area (Å²) in [4.78, 5) is 17.2. The van der Waals surface area contributed by atoms with E-state index in [1.807, 2.05) is 28.8 Å². The van der Waals surface area contributed by atoms with Gasteiger partial charge >= 0.3 is 0 Å². The van der Waals surface area contributed by atoms with Crippen LogP contribution in [-0.2, 0) is 6.54 Å². The Labute approximate surface area is 172 Å². The van der Waals surface area contributed by atoms with Crippen LogP contribution in [0.1, 0.15) is 21.5 Å². The summed E-state index contributed by atoms with van der Waals surface area (Å²) in [5, 5.41) is 20.3. The molecule has 0 spiro atoms. The number of benzene rings is 2. The molecule has 148 valence electrons. The van der Waals surface area contributed by atoms with Crippen molar-refractivity contribution in [1.82, 2.24) is 19.9 Å². The van der Waals surface area contributed by atoms with Crippen LogP contribution in [0.4, 0.5) is 5.13 Å². The summed E-state index contributed by atoms with van der Waals surface area (Å²) in [5.41, 5.74) is 4.80. The van der Waals surface area contributed by atoms with Crippen molar-refractivity contribution < 1.29 is 9.90 Å². The zero-order valence-corrected chi connectivity index (χ0v) is 16.7. The Bertz CT molecular complexity index is 1130. The molecule has 0 atom stereocenters. The fourth-order valence-electron chi connectivity index (χ4n) is 3.00. The summed E-state index contributed by atoms with van der Waals surface area (Å²) >= 11 is 1.50. The number of aryl methyl sites for hydroxylation is 1. The van der Waals surface area contributed by atoms with Crippen molar-refractivity contribution in [3.63, 3.8) is 0 Å². The fraction of sp³-hybridized carbons (Fsp3) is 0.190. The van der Waals surface area contributed by atoms with Crippen LogP contribution in [-0.4, -0.2) is 38.8 Å². The van der Waals surface area contributed by atoms with E-state index in [1.54, 1.807) is 18.3 Å². The van der Waals surface area contributed by atoms with E-state index < -0.39 is 0 Å². The van der Waals surface area contributed by atoms with Gasteiger partial charge in [-0.1, -0.05) is 47.7 Å². The van der Waals surface area contributed by atoms with Gasteiger partial charge in [-0.3, -0.25) is 4.79 Å². The Kier molecular flexibility index (Phi) is 5.55. The van der Waals surface area contributed by atoms with Gasteiger partial charge in [0.05, 0.1) is 18.5 Å². The van der Waals surface area contributed by atoms with Gasteiger partial charge in [0.1, 0.15) is 0 Å². The average Bonchev–Trinajstić information content (AvgIpc) is 3.32. The van der Waals surface area contributed by atoms with E-state index in [9.17, 15) is 4.79 Å². The van der Waals surface area contributed by atoms with Crippen LogP contribution < -0.4 is 10.6 Å². The minimum Gasteiger partial charge on any atom is -0.395 e. The first kappa shape index (κ1) is 19.1. The van der Waals surface area contributed by atoms with E-state index in [0.29, 0.717) is 12.1 Å². The molecule has 0 radical (unpaired) electrons. The number of imidazole rings is 1. The second-order valence-electron chi connectivity index (χ2n) is 6.58. The number of aliphatic hydroxyl groups excluding tert-OH is 1. The smallest absolute Gasteiger partial charge is 0.251 e. The normalized spacial score (nSPS) is 11.0. The third-order valence-electron chi connectivity index (χ3n) is 4.62. The monoisotopic (exact) mass is 407 g/mol. The molecule has 0 aliphatic heterocycles. The molecule has 2 aromatic carbocycles. The molecule has 2 aromatic heterocycles. The average molecular weight is 407 g/mol. The van der Waals surface area contributed by atoms with Crippen LogP contribution in [0, 0.1) is 6.92 Å². The summed E-state index contributed by atoms with van der Waals surface area (Å²) in [5.74, 6) is -0.208. The number of carbonyl (C=O) groups is 1. The molecule has 0 unspecified atom stereocenters. The molecular weight excluding hydrogens is 386 g/mol. The Morgan fingerprint density at radius 1 is 1.17 bits per heavy atom. The summed E-state index contributed by atoms with van der Waals surface area (Å²) in [7, 11) is 0. The van der Waals surface area contributed by atoms with Gasteiger partial charge in [0.15, 0.2) is 0 Å². The molecule has 7 nitrogen and oxygen atoms in total. The SMILES string of the molecule is Cc1ccccc1CNc1nn2c(-c3ccc(C(=O)NCCO)cc3)cnc2s1. The standard InChI is InChI=1S/C21H21N5O2S/c1-14-4-2-3-5-17(14)12-23-20-25-26-18(13-24-21(26)29-20)15-6-8-16(9-7-15)19(28)22-10-11-27/h2-9,13,27H,10-12H2,1H3,(H,22,28)(H,23,25). The Morgan fingerprint density at radius 3 is 2.72 bits per heavy atom. The number of nitrogens with one attached hydrogen (secondary N) is 2. The number of rotatable bonds is 7. The van der Waals surface area contributed by atoms with Gasteiger partial charge in [0.2, 0.25) is 10.1 Å². The van der Waals surface area contributed by atoms with E-state index >= 15 is 0 Å². The summed E-state index contributed by atoms with van der Waals surface area (Å²) in [6.45, 7) is 2.95. The van der Waals surface area contributed by atoms with E-state index in [4.69, 9.17) is 5.11 Å². The number of carbonyl (C=O) groups excluding carboxylic acids is 1. The van der Waals surface area contributed by atoms with Gasteiger partial charge in [0.25, 0.3) is 5.91 Å². The van der Waals surface area contributed by atoms with E-state index in [1.165, 1.54) is 22.5 Å². The maximum Gasteiger partial charge on any atom is 0.251 e. The third kappa shape index (κ3) is 4.13. The summed E-state index contributed by atoms with van der Waals surface area (Å²) in [6.07, 6.45) is 1.78. The molecular formula is C21H21N5O2S. The molecule has 0 aliphatic rings. The van der Waals surface area contributed by atoms with Crippen LogP contribution in [0.2, 0.25) is 0 Å². The second kappa shape index (κ2) is 8.42. The van der Waals surface area contributed by atoms with Crippen LogP contribution >= 0.6 is 11.3 Å². The van der Waals surface area contributed by atoms with Crippen LogP contribution in [0.3, 0.4) is 0 Å². The molecule has 3 N–H and O–H groups in total. The molecule has 1 amide bonds. The minimum absolute atomic E-state index is 0.0817. The first-order valence-corrected chi connectivity index (χ1v) is 10.1. The zero-order valence-electron chi connectivity index (χ0n) is 15.9. The van der Waals surface area contributed by atoms with Gasteiger partial charge in [-0.15, -0.1) is 5.10 Å². The molecule has 0 saturated carbocycles. The number of fused-ring (bicyclic) bond motifs is 1. The fourth-order valence-corrected chi connectivity index (χ4v) is 3.77. The van der Waals surface area contributed by atoms with Crippen molar-refractivity contribution in [1.29, 1.82) is 0 Å². The quantitative estimate of drug-likeness (QED) is 0.438. The molecule has 0 saturated heterocycles. The Morgan fingerprint density at radius 2 is 1.97 bits per heavy atom. The largest absolute Gasteiger partial charge is 0.395 e. The third-order valence-corrected chi connectivity index (χ3v) is 5.50. The lowest BCUT2D eigenvalue weighted by atomic mass is 10.1. The second-order valence-corrected chi connectivity index (χ2v) is 7.54. The van der Waals surface area contributed by atoms with Crippen molar-refractivity contribution in [3.05, 3.63) is 71.4 Å². The predicted molar refractivity (Wildman–Crippen MR) is 114 cm³/mol. The topological polar surface area (TPSA) is 91.6 Å². The van der Waals surface area contributed by atoms with Gasteiger partial charge in [-0.2, -0.15) is 0 Å². The van der Waals surface area contributed by atoms with Gasteiger partial charge in [0, 0.05) is 24.2 Å². The van der Waals surface area contributed by atoms with Crippen molar-refractivity contribution in [2.24, 2.45) is 0 Å². The molecule has 2 heterocycles. The number of nitrogens with zero attached hydrogens (tertiary/aromatic N) is 3. The van der Waals surface area contributed by atoms with Crippen LogP contribution in [0.25, 0.3) is 16.2 Å². The van der Waals surface area contributed by atoms with Crippen LogP contribution in [0.15, 0.2) is 54.7 Å². The van der Waals surface area contributed by atoms with Gasteiger partial charge in [-0.05, 0) is 30.2 Å². The molecule has 29 heavy (non-hydrogen) atoms. The minimum atomic E-state index is -0.208. The van der Waals surface area contributed by atoms with Crippen molar-refractivity contribution in [3.8, 4) is 11.3 Å². The highest BCUT2D eigenvalue weighted by molar-refractivity contribution is 7.20. The molecule has 8 heteroatoms. The number of amides is 1. The van der Waals surface area contributed by atoms with Crippen LogP contribution in [0.5, 0.6) is 0 Å². The first-order valence-electron chi connectivity index (χ1n) is 9.28. The van der Waals surface area contributed by atoms with Crippen molar-refractivity contribution >= 4 is 27.3 Å². The number of hydrogen-bond donors (Lipinski definition) is 3. The number of anilines is 1. The predicted octanol–water partition coefficient (Wildman–Crippen LogP) is 3.10. The highest BCUT2D eigenvalue weighted by atomic mass is 32.1. The Balaban J connectivity index is 1.51. The highest BCUT2D eigenvalue weighted by Crippen LogP contribution is 2.26. The molecule has 0 bridgehead atoms. The highest BCUT2D eigenvalue weighted by Gasteiger charge is 2.13.